The molecule has 0 aliphatic heterocycles. The first kappa shape index (κ1) is 23.0. The largest absolute Gasteiger partial charge is 0.435 e. The van der Waals surface area contributed by atoms with Crippen molar-refractivity contribution in [2.24, 2.45) is 0 Å². The van der Waals surface area contributed by atoms with Gasteiger partial charge < -0.3 is 11.1 Å². The minimum atomic E-state index is -6.22. The van der Waals surface area contributed by atoms with Gasteiger partial charge in [-0.05, 0) is 75.5 Å². The summed E-state index contributed by atoms with van der Waals surface area (Å²) in [7, 11) is 0. The van der Waals surface area contributed by atoms with Gasteiger partial charge in [-0.15, -0.1) is 0 Å². The Morgan fingerprint density at radius 1 is 0.893 bits per heavy atom. The third-order valence-electron chi connectivity index (χ3n) is 3.61. The molecule has 3 N–H and O–H groups in total. The quantitative estimate of drug-likeness (QED) is 0.247. The molecule has 1 amide bonds. The van der Waals surface area contributed by atoms with Crippen molar-refractivity contribution in [3.8, 4) is 0 Å². The van der Waals surface area contributed by atoms with E-state index in [1.54, 1.807) is 0 Å². The zero-order valence-electron chi connectivity index (χ0n) is 13.4. The molecule has 2 aromatic rings. The zero-order chi connectivity index (χ0) is 21.5. The molecule has 0 saturated carbocycles. The number of nitrogens with one attached hydrogen (secondary N) is 1. The first-order valence-electron chi connectivity index (χ1n) is 7.17. The van der Waals surface area contributed by atoms with Crippen molar-refractivity contribution >= 4 is 62.5 Å². The number of amides is 1. The molecule has 0 unspecified atom stereocenters. The van der Waals surface area contributed by atoms with Crippen LogP contribution < -0.4 is 11.1 Å². The highest BCUT2D eigenvalue weighted by Crippen LogP contribution is 2.54. The fraction of sp³-hybridized carbons (Fsp3) is 0.188. The lowest BCUT2D eigenvalue weighted by Crippen LogP contribution is -2.50. The first-order valence-corrected chi connectivity index (χ1v) is 9.33. The van der Waals surface area contributed by atoms with E-state index in [4.69, 9.17) is 5.73 Å². The van der Waals surface area contributed by atoms with Crippen LogP contribution in [0, 0.1) is 7.14 Å². The van der Waals surface area contributed by atoms with Gasteiger partial charge in [-0.2, -0.15) is 26.3 Å². The summed E-state index contributed by atoms with van der Waals surface area (Å²) in [6.45, 7) is 0. The summed E-state index contributed by atoms with van der Waals surface area (Å²) < 4.78 is 91.5. The van der Waals surface area contributed by atoms with Crippen molar-refractivity contribution in [2.45, 2.75) is 18.0 Å². The number of benzene rings is 2. The molecule has 0 aliphatic rings. The normalized spacial score (nSPS) is 12.8. The Morgan fingerprint density at radius 3 is 1.82 bits per heavy atom. The highest BCUT2D eigenvalue weighted by Gasteiger charge is 2.73. The summed E-state index contributed by atoms with van der Waals surface area (Å²) in [4.78, 5) is 12.3. The van der Waals surface area contributed by atoms with E-state index in [9.17, 15) is 35.5 Å². The Balaban J connectivity index is 2.49. The third-order valence-corrected chi connectivity index (χ3v) is 5.31. The molecule has 28 heavy (non-hydrogen) atoms. The minimum absolute atomic E-state index is 0.0518. The van der Waals surface area contributed by atoms with Gasteiger partial charge in [0.2, 0.25) is 0 Å². The summed E-state index contributed by atoms with van der Waals surface area (Å²) in [6.07, 6.45) is -12.4. The Bertz CT molecular complexity index is 876. The fourth-order valence-electron chi connectivity index (χ4n) is 2.25. The molecule has 0 saturated heterocycles. The van der Waals surface area contributed by atoms with Crippen molar-refractivity contribution in [1.82, 2.24) is 0 Å². The number of hydrogen-bond acceptors (Lipinski definition) is 2. The van der Waals surface area contributed by atoms with Crippen LogP contribution in [0.25, 0.3) is 0 Å². The molecule has 0 radical (unpaired) electrons. The van der Waals surface area contributed by atoms with Crippen LogP contribution in [-0.4, -0.2) is 18.3 Å². The van der Waals surface area contributed by atoms with E-state index in [-0.39, 0.29) is 24.1 Å². The maximum Gasteiger partial charge on any atom is 0.435 e. The number of hydrogen-bond donors (Lipinski definition) is 2. The van der Waals surface area contributed by atoms with Gasteiger partial charge in [-0.1, -0.05) is 6.07 Å². The zero-order valence-corrected chi connectivity index (χ0v) is 17.7. The first-order chi connectivity index (χ1) is 12.7. The molecule has 12 heteroatoms. The van der Waals surface area contributed by atoms with Gasteiger partial charge in [0.15, 0.2) is 0 Å². The van der Waals surface area contributed by atoms with E-state index in [1.807, 2.05) is 0 Å². The maximum absolute atomic E-state index is 14.2. The van der Waals surface area contributed by atoms with Crippen LogP contribution in [0.2, 0.25) is 0 Å². The molecule has 2 rings (SSSR count). The fourth-order valence-corrected chi connectivity index (χ4v) is 4.28. The summed E-state index contributed by atoms with van der Waals surface area (Å²) in [5.74, 6) is -0.686. The topological polar surface area (TPSA) is 55.1 Å². The monoisotopic (exact) mass is 632 g/mol. The number of nitrogen functional groups attached to an aromatic ring is 1. The molecule has 0 aliphatic carbocycles. The molecule has 0 atom stereocenters. The van der Waals surface area contributed by atoms with Crippen LogP contribution >= 0.6 is 45.2 Å². The van der Waals surface area contributed by atoms with E-state index in [0.717, 1.165) is 0 Å². The highest BCUT2D eigenvalue weighted by molar-refractivity contribution is 14.1. The van der Waals surface area contributed by atoms with Crippen molar-refractivity contribution in [3.63, 3.8) is 0 Å². The average molecular weight is 632 g/mol. The number of nitrogens with two attached hydrogens (primary N) is 1. The number of carbonyl (C=O) groups is 1. The van der Waals surface area contributed by atoms with E-state index in [1.165, 1.54) is 69.4 Å². The lowest BCUT2D eigenvalue weighted by molar-refractivity contribution is -0.348. The molecule has 0 bridgehead atoms. The number of alkyl halides is 7. The van der Waals surface area contributed by atoms with Crippen LogP contribution in [0.3, 0.4) is 0 Å². The Kier molecular flexibility index (Phi) is 6.43. The van der Waals surface area contributed by atoms with E-state index >= 15 is 0 Å². The second kappa shape index (κ2) is 7.84. The lowest BCUT2D eigenvalue weighted by Gasteiger charge is -2.31. The smallest absolute Gasteiger partial charge is 0.399 e. The minimum Gasteiger partial charge on any atom is -0.399 e. The Hall–Kier alpha value is -1.32. The third kappa shape index (κ3) is 4.31. The molecular formula is C16H9F7I2N2O. The van der Waals surface area contributed by atoms with E-state index in [2.05, 4.69) is 5.32 Å². The Labute approximate surface area is 181 Å². The predicted octanol–water partition coefficient (Wildman–Crippen LogP) is 6.02. The SMILES string of the molecule is Nc1cccc(C(=O)Nc2c(I)cc(C(F)(C(F)(F)F)C(F)(F)F)cc2I)c1. The summed E-state index contributed by atoms with van der Waals surface area (Å²) in [5, 5.41) is 2.38. The van der Waals surface area contributed by atoms with Crippen molar-refractivity contribution in [2.75, 3.05) is 11.1 Å². The molecule has 0 aromatic heterocycles. The van der Waals surface area contributed by atoms with Crippen LogP contribution in [0.4, 0.5) is 42.1 Å². The van der Waals surface area contributed by atoms with E-state index in [0.29, 0.717) is 12.1 Å². The van der Waals surface area contributed by atoms with Gasteiger partial charge in [0, 0.05) is 24.0 Å². The van der Waals surface area contributed by atoms with Gasteiger partial charge in [0.25, 0.3) is 5.91 Å². The maximum atomic E-state index is 14.2. The second-order valence-electron chi connectivity index (χ2n) is 5.55. The Morgan fingerprint density at radius 2 is 1.39 bits per heavy atom. The molecule has 0 fully saturated rings. The number of halogens is 9. The summed E-state index contributed by atoms with van der Waals surface area (Å²) in [5.41, 5.74) is -1.25. The van der Waals surface area contributed by atoms with Gasteiger partial charge >= 0.3 is 18.0 Å². The van der Waals surface area contributed by atoms with Gasteiger partial charge in [0.05, 0.1) is 5.69 Å². The van der Waals surface area contributed by atoms with Gasteiger partial charge in [-0.3, -0.25) is 4.79 Å². The van der Waals surface area contributed by atoms with Crippen molar-refractivity contribution < 1.29 is 35.5 Å². The summed E-state index contributed by atoms with van der Waals surface area (Å²) in [6, 6.07) is 6.57. The number of anilines is 2. The molecule has 0 heterocycles. The molecule has 2 aromatic carbocycles. The van der Waals surface area contributed by atoms with Crippen LogP contribution in [0.1, 0.15) is 15.9 Å². The van der Waals surface area contributed by atoms with E-state index < -0.39 is 29.5 Å². The van der Waals surface area contributed by atoms with Gasteiger partial charge in [0.1, 0.15) is 0 Å². The molecule has 3 nitrogen and oxygen atoms in total. The number of rotatable bonds is 3. The molecule has 152 valence electrons. The predicted molar refractivity (Wildman–Crippen MR) is 106 cm³/mol. The molecule has 0 spiro atoms. The van der Waals surface area contributed by atoms with Gasteiger partial charge in [-0.25, -0.2) is 4.39 Å². The summed E-state index contributed by atoms with van der Waals surface area (Å²) >= 11 is 2.84. The average Bonchev–Trinajstić information content (AvgIpc) is 2.54. The van der Waals surface area contributed by atoms with Crippen LogP contribution in [0.15, 0.2) is 36.4 Å². The standard InChI is InChI=1S/C16H9F7I2N2O/c17-14(15(18,19)20,16(21,22)23)8-5-10(24)12(11(25)6-8)27-13(28)7-2-1-3-9(26)4-7/h1-6H,26H2,(H,27,28). The molecular weight excluding hydrogens is 623 g/mol. The lowest BCUT2D eigenvalue weighted by atomic mass is 9.94. The van der Waals surface area contributed by atoms with Crippen molar-refractivity contribution in [3.05, 3.63) is 54.7 Å². The highest BCUT2D eigenvalue weighted by atomic mass is 127. The van der Waals surface area contributed by atoms with Crippen molar-refractivity contribution in [1.29, 1.82) is 0 Å². The van der Waals surface area contributed by atoms with Crippen LogP contribution in [0.5, 0.6) is 0 Å². The van der Waals surface area contributed by atoms with Crippen LogP contribution in [-0.2, 0) is 5.67 Å². The second-order valence-corrected chi connectivity index (χ2v) is 7.87. The number of carbonyl (C=O) groups excluding carboxylic acids is 1.